The number of aromatic nitrogens is 1. The van der Waals surface area contributed by atoms with Crippen LogP contribution < -0.4 is 10.6 Å². The van der Waals surface area contributed by atoms with E-state index in [0.29, 0.717) is 18.1 Å². The van der Waals surface area contributed by atoms with Gasteiger partial charge in [0.15, 0.2) is 5.13 Å². The van der Waals surface area contributed by atoms with Gasteiger partial charge in [-0.1, -0.05) is 12.1 Å². The van der Waals surface area contributed by atoms with Crippen molar-refractivity contribution in [3.8, 4) is 0 Å². The van der Waals surface area contributed by atoms with Crippen LogP contribution in [0.4, 0.5) is 10.8 Å². The molecule has 8 nitrogen and oxygen atoms in total. The molecule has 3 rings (SSSR count). The Bertz CT molecular complexity index is 907. The molecule has 1 fully saturated rings. The van der Waals surface area contributed by atoms with E-state index < -0.39 is 5.97 Å². The number of aryl methyl sites for hydroxylation is 2. The first-order valence-electron chi connectivity index (χ1n) is 9.43. The largest absolute Gasteiger partial charge is 0.478 e. The van der Waals surface area contributed by atoms with Crippen LogP contribution in [0.3, 0.4) is 0 Å². The minimum atomic E-state index is -1.09. The predicted octanol–water partition coefficient (Wildman–Crippen LogP) is 2.75. The van der Waals surface area contributed by atoms with Crippen LogP contribution in [0.25, 0.3) is 0 Å². The Morgan fingerprint density at radius 3 is 2.69 bits per heavy atom. The molecule has 0 saturated carbocycles. The molecule has 0 bridgehead atoms. The van der Waals surface area contributed by atoms with Gasteiger partial charge < -0.3 is 15.7 Å². The van der Waals surface area contributed by atoms with Crippen molar-refractivity contribution in [1.29, 1.82) is 0 Å². The molecule has 3 N–H and O–H groups in total. The number of benzene rings is 1. The Morgan fingerprint density at radius 2 is 2.00 bits per heavy atom. The third-order valence-electron chi connectivity index (χ3n) is 4.93. The van der Waals surface area contributed by atoms with Gasteiger partial charge in [-0.2, -0.15) is 0 Å². The van der Waals surface area contributed by atoms with E-state index in [2.05, 4.69) is 15.6 Å². The Balaban J connectivity index is 1.56. The van der Waals surface area contributed by atoms with Gasteiger partial charge in [-0.15, -0.1) is 11.3 Å². The fraction of sp³-hybridized carbons (Fsp3) is 0.400. The van der Waals surface area contributed by atoms with Gasteiger partial charge in [0.1, 0.15) is 0 Å². The van der Waals surface area contributed by atoms with Crippen LogP contribution in [-0.4, -0.2) is 52.4 Å². The zero-order chi connectivity index (χ0) is 21.0. The Labute approximate surface area is 172 Å². The Kier molecular flexibility index (Phi) is 6.60. The molecule has 29 heavy (non-hydrogen) atoms. The quantitative estimate of drug-likeness (QED) is 0.668. The minimum Gasteiger partial charge on any atom is -0.478 e. The highest BCUT2D eigenvalue weighted by molar-refractivity contribution is 7.15. The van der Waals surface area contributed by atoms with Crippen molar-refractivity contribution < 1.29 is 19.5 Å². The molecular weight excluding hydrogens is 392 g/mol. The second-order valence-electron chi connectivity index (χ2n) is 7.12. The second-order valence-corrected chi connectivity index (χ2v) is 8.33. The molecular formula is C20H24N4O4S. The number of carbonyl (C=O) groups is 3. The van der Waals surface area contributed by atoms with Crippen molar-refractivity contribution in [3.05, 3.63) is 40.4 Å². The summed E-state index contributed by atoms with van der Waals surface area (Å²) in [5.41, 5.74) is 1.25. The van der Waals surface area contributed by atoms with Crippen molar-refractivity contribution in [1.82, 2.24) is 9.88 Å². The normalized spacial score (nSPS) is 17.0. The van der Waals surface area contributed by atoms with Gasteiger partial charge in [0.05, 0.1) is 29.4 Å². The van der Waals surface area contributed by atoms with Crippen molar-refractivity contribution >= 4 is 39.9 Å². The van der Waals surface area contributed by atoms with Crippen LogP contribution in [0.15, 0.2) is 24.3 Å². The van der Waals surface area contributed by atoms with E-state index in [9.17, 15) is 19.5 Å². The number of nitrogens with zero attached hydrogens (tertiary/aromatic N) is 2. The van der Waals surface area contributed by atoms with Gasteiger partial charge >= 0.3 is 5.97 Å². The number of rotatable bonds is 6. The maximum atomic E-state index is 12.7. The number of thiazole rings is 1. The lowest BCUT2D eigenvalue weighted by molar-refractivity contribution is -0.123. The summed E-state index contributed by atoms with van der Waals surface area (Å²) in [4.78, 5) is 43.6. The fourth-order valence-corrected chi connectivity index (χ4v) is 4.15. The van der Waals surface area contributed by atoms with E-state index in [0.717, 1.165) is 23.5 Å². The summed E-state index contributed by atoms with van der Waals surface area (Å²) in [6.45, 7) is 5.23. The topological polar surface area (TPSA) is 112 Å². The van der Waals surface area contributed by atoms with Crippen molar-refractivity contribution in [2.75, 3.05) is 30.3 Å². The van der Waals surface area contributed by atoms with Crippen molar-refractivity contribution in [2.45, 2.75) is 26.7 Å². The number of para-hydroxylation sites is 1. The smallest absolute Gasteiger partial charge is 0.337 e. The number of carboxylic acids is 1. The zero-order valence-corrected chi connectivity index (χ0v) is 17.2. The third-order valence-corrected chi connectivity index (χ3v) is 5.92. The molecule has 2 aromatic rings. The van der Waals surface area contributed by atoms with Crippen LogP contribution >= 0.6 is 11.3 Å². The van der Waals surface area contributed by atoms with Gasteiger partial charge in [0.2, 0.25) is 11.8 Å². The van der Waals surface area contributed by atoms with Crippen LogP contribution in [-0.2, 0) is 9.59 Å². The molecule has 1 aliphatic heterocycles. The van der Waals surface area contributed by atoms with E-state index >= 15 is 0 Å². The summed E-state index contributed by atoms with van der Waals surface area (Å²) in [6.07, 6.45) is 1.49. The Morgan fingerprint density at radius 1 is 1.24 bits per heavy atom. The minimum absolute atomic E-state index is 0.0573. The molecule has 2 heterocycles. The van der Waals surface area contributed by atoms with Gasteiger partial charge in [-0.05, 0) is 45.4 Å². The lowest BCUT2D eigenvalue weighted by Crippen LogP contribution is -2.44. The van der Waals surface area contributed by atoms with Gasteiger partial charge in [-0.25, -0.2) is 9.78 Å². The number of anilines is 2. The average Bonchev–Trinajstić information content (AvgIpc) is 2.99. The molecule has 1 aromatic heterocycles. The lowest BCUT2D eigenvalue weighted by Gasteiger charge is -2.31. The molecule has 1 aromatic carbocycles. The summed E-state index contributed by atoms with van der Waals surface area (Å²) in [5.74, 6) is -1.77. The van der Waals surface area contributed by atoms with Crippen molar-refractivity contribution in [2.24, 2.45) is 5.92 Å². The first-order valence-corrected chi connectivity index (χ1v) is 10.2. The predicted molar refractivity (Wildman–Crippen MR) is 111 cm³/mol. The molecule has 0 aliphatic carbocycles. The van der Waals surface area contributed by atoms with Gasteiger partial charge in [0.25, 0.3) is 0 Å². The molecule has 154 valence electrons. The van der Waals surface area contributed by atoms with Gasteiger partial charge in [0, 0.05) is 11.4 Å². The number of hydrogen-bond acceptors (Lipinski definition) is 6. The summed E-state index contributed by atoms with van der Waals surface area (Å²) in [5, 5.41) is 15.4. The standard InChI is InChI=1S/C20H24N4O4S/c1-12-13(2)29-20(21-12)23-17(25)11-24-9-5-6-14(10-24)18(26)22-16-8-4-3-7-15(16)19(27)28/h3-4,7-8,14H,5-6,9-11H2,1-2H3,(H,22,26)(H,27,28)(H,21,23,25). The second kappa shape index (κ2) is 9.15. The number of piperidine rings is 1. The molecule has 1 atom stereocenters. The van der Waals surface area contributed by atoms with Crippen molar-refractivity contribution in [3.63, 3.8) is 0 Å². The molecule has 2 amide bonds. The van der Waals surface area contributed by atoms with Crippen LogP contribution in [0.5, 0.6) is 0 Å². The maximum Gasteiger partial charge on any atom is 0.337 e. The Hall–Kier alpha value is -2.78. The summed E-state index contributed by atoms with van der Waals surface area (Å²) in [7, 11) is 0. The van der Waals surface area contributed by atoms with E-state index in [4.69, 9.17) is 0 Å². The molecule has 0 radical (unpaired) electrons. The van der Waals surface area contributed by atoms with E-state index in [1.54, 1.807) is 18.2 Å². The number of hydrogen-bond donors (Lipinski definition) is 3. The number of nitrogens with one attached hydrogen (secondary N) is 2. The fourth-order valence-electron chi connectivity index (χ4n) is 3.31. The lowest BCUT2D eigenvalue weighted by atomic mass is 9.96. The summed E-state index contributed by atoms with van der Waals surface area (Å²) >= 11 is 1.44. The van der Waals surface area contributed by atoms with E-state index in [1.165, 1.54) is 17.4 Å². The molecule has 1 aliphatic rings. The highest BCUT2D eigenvalue weighted by Gasteiger charge is 2.27. The van der Waals surface area contributed by atoms with Crippen LogP contribution in [0.2, 0.25) is 0 Å². The molecule has 9 heteroatoms. The molecule has 0 spiro atoms. The summed E-state index contributed by atoms with van der Waals surface area (Å²) in [6, 6.07) is 6.33. The number of likely N-dealkylation sites (tertiary alicyclic amines) is 1. The first-order chi connectivity index (χ1) is 13.8. The van der Waals surface area contributed by atoms with Gasteiger partial charge in [-0.3, -0.25) is 14.5 Å². The van der Waals surface area contributed by atoms with Crippen LogP contribution in [0.1, 0.15) is 33.8 Å². The summed E-state index contributed by atoms with van der Waals surface area (Å²) < 4.78 is 0. The maximum absolute atomic E-state index is 12.7. The SMILES string of the molecule is Cc1nc(NC(=O)CN2CCCC(C(=O)Nc3ccccc3C(=O)O)C2)sc1C. The molecule has 1 saturated heterocycles. The van der Waals surface area contributed by atoms with Crippen LogP contribution in [0, 0.1) is 19.8 Å². The highest BCUT2D eigenvalue weighted by Crippen LogP contribution is 2.23. The highest BCUT2D eigenvalue weighted by atomic mass is 32.1. The number of aromatic carboxylic acids is 1. The van der Waals surface area contributed by atoms with E-state index in [1.807, 2.05) is 18.7 Å². The third kappa shape index (κ3) is 5.39. The zero-order valence-electron chi connectivity index (χ0n) is 16.4. The molecule has 1 unspecified atom stereocenters. The number of carboxylic acid groups (broad SMARTS) is 1. The number of amides is 2. The average molecular weight is 417 g/mol. The first kappa shape index (κ1) is 20.9. The number of carbonyl (C=O) groups excluding carboxylic acids is 2. The monoisotopic (exact) mass is 416 g/mol. The van der Waals surface area contributed by atoms with E-state index in [-0.39, 0.29) is 35.5 Å².